The van der Waals surface area contributed by atoms with Gasteiger partial charge in [-0.2, -0.15) is 0 Å². The largest absolute Gasteiger partial charge is 0.497 e. The number of urea groups is 1. The van der Waals surface area contributed by atoms with E-state index in [2.05, 4.69) is 9.88 Å². The van der Waals surface area contributed by atoms with Crippen LogP contribution < -0.4 is 10.1 Å². The monoisotopic (exact) mass is 365 g/mol. The van der Waals surface area contributed by atoms with E-state index in [0.717, 1.165) is 17.0 Å². The van der Waals surface area contributed by atoms with Gasteiger partial charge in [0, 0.05) is 30.7 Å². The number of hydrogen-bond acceptors (Lipinski definition) is 2. The van der Waals surface area contributed by atoms with Gasteiger partial charge in [0.2, 0.25) is 0 Å². The van der Waals surface area contributed by atoms with Crippen molar-refractivity contribution in [2.24, 2.45) is 0 Å². The standard InChI is InChI=1S/C21H20FN3O2/c1-27-18-9-7-17(8-10-18)23-21(26)25-13-12-24-11-3-6-19(24)20(25)15-4-2-5-16(22)14-15/h2-11,14,20H,12-13H2,1H3,(H,23,26)/t20-/m0/s1. The maximum absolute atomic E-state index is 13.8. The van der Waals surface area contributed by atoms with Crippen molar-refractivity contribution in [1.82, 2.24) is 9.47 Å². The Morgan fingerprint density at radius 2 is 1.93 bits per heavy atom. The average molecular weight is 365 g/mol. The molecule has 138 valence electrons. The van der Waals surface area contributed by atoms with Crippen molar-refractivity contribution in [2.75, 3.05) is 19.0 Å². The van der Waals surface area contributed by atoms with Crippen molar-refractivity contribution in [3.63, 3.8) is 0 Å². The summed E-state index contributed by atoms with van der Waals surface area (Å²) in [5.41, 5.74) is 2.40. The molecule has 1 aromatic heterocycles. The van der Waals surface area contributed by atoms with E-state index in [1.165, 1.54) is 12.1 Å². The molecule has 0 bridgehead atoms. The fourth-order valence-corrected chi connectivity index (χ4v) is 3.50. The molecule has 2 aromatic carbocycles. The highest BCUT2D eigenvalue weighted by atomic mass is 19.1. The lowest BCUT2D eigenvalue weighted by Crippen LogP contribution is -2.44. The zero-order valence-electron chi connectivity index (χ0n) is 14.9. The molecule has 1 atom stereocenters. The van der Waals surface area contributed by atoms with Gasteiger partial charge in [-0.05, 0) is 54.1 Å². The molecule has 2 heterocycles. The molecule has 0 spiro atoms. The Balaban J connectivity index is 1.64. The third-order valence-electron chi connectivity index (χ3n) is 4.80. The predicted octanol–water partition coefficient (Wildman–Crippen LogP) is 4.27. The van der Waals surface area contributed by atoms with E-state index in [1.807, 2.05) is 24.4 Å². The molecule has 1 N–H and O–H groups in total. The highest BCUT2D eigenvalue weighted by Crippen LogP contribution is 2.33. The highest BCUT2D eigenvalue weighted by molar-refractivity contribution is 5.90. The number of carbonyl (C=O) groups is 1. The fraction of sp³-hybridized carbons (Fsp3) is 0.190. The van der Waals surface area contributed by atoms with Crippen molar-refractivity contribution < 1.29 is 13.9 Å². The van der Waals surface area contributed by atoms with Crippen LogP contribution in [0.3, 0.4) is 0 Å². The van der Waals surface area contributed by atoms with Gasteiger partial charge in [0.1, 0.15) is 11.6 Å². The topological polar surface area (TPSA) is 46.5 Å². The second kappa shape index (κ2) is 7.15. The van der Waals surface area contributed by atoms with E-state index < -0.39 is 0 Å². The molecule has 0 saturated carbocycles. The summed E-state index contributed by atoms with van der Waals surface area (Å²) >= 11 is 0. The van der Waals surface area contributed by atoms with Gasteiger partial charge in [-0.15, -0.1) is 0 Å². The Hall–Kier alpha value is -3.28. The number of ether oxygens (including phenoxy) is 1. The number of methoxy groups -OCH3 is 1. The van der Waals surface area contributed by atoms with Gasteiger partial charge in [-0.1, -0.05) is 12.1 Å². The molecule has 0 fully saturated rings. The number of fused-ring (bicyclic) bond motifs is 1. The van der Waals surface area contributed by atoms with Crippen LogP contribution in [-0.4, -0.2) is 29.2 Å². The minimum atomic E-state index is -0.345. The SMILES string of the molecule is COc1ccc(NC(=O)N2CCn3cccc3[C@@H]2c2cccc(F)c2)cc1. The highest BCUT2D eigenvalue weighted by Gasteiger charge is 2.32. The van der Waals surface area contributed by atoms with Gasteiger partial charge in [-0.25, -0.2) is 9.18 Å². The Morgan fingerprint density at radius 1 is 1.11 bits per heavy atom. The lowest BCUT2D eigenvalue weighted by Gasteiger charge is -2.37. The molecular weight excluding hydrogens is 345 g/mol. The average Bonchev–Trinajstić information content (AvgIpc) is 3.16. The zero-order valence-corrected chi connectivity index (χ0v) is 14.9. The number of hydrogen-bond donors (Lipinski definition) is 1. The molecule has 5 nitrogen and oxygen atoms in total. The molecule has 4 rings (SSSR count). The molecule has 0 unspecified atom stereocenters. The van der Waals surface area contributed by atoms with Gasteiger partial charge in [0.25, 0.3) is 0 Å². The lowest BCUT2D eigenvalue weighted by molar-refractivity contribution is 0.181. The Labute approximate surface area is 157 Å². The molecule has 2 amide bonds. The van der Waals surface area contributed by atoms with Gasteiger partial charge >= 0.3 is 6.03 Å². The number of amides is 2. The fourth-order valence-electron chi connectivity index (χ4n) is 3.50. The van der Waals surface area contributed by atoms with Crippen LogP contribution in [0.15, 0.2) is 66.9 Å². The summed E-state index contributed by atoms with van der Waals surface area (Å²) in [6.45, 7) is 1.23. The van der Waals surface area contributed by atoms with Crippen LogP contribution in [0.5, 0.6) is 5.75 Å². The summed E-state index contributed by atoms with van der Waals surface area (Å²) in [6, 6.07) is 17.0. The Bertz CT molecular complexity index is 952. The number of nitrogens with zero attached hydrogens (tertiary/aromatic N) is 2. The van der Waals surface area contributed by atoms with Crippen molar-refractivity contribution in [1.29, 1.82) is 0 Å². The maximum atomic E-state index is 13.8. The van der Waals surface area contributed by atoms with Crippen LogP contribution in [0, 0.1) is 5.82 Å². The van der Waals surface area contributed by atoms with Crippen LogP contribution in [0.1, 0.15) is 17.3 Å². The maximum Gasteiger partial charge on any atom is 0.322 e. The van der Waals surface area contributed by atoms with E-state index in [0.29, 0.717) is 18.8 Å². The van der Waals surface area contributed by atoms with E-state index >= 15 is 0 Å². The normalized spacial score (nSPS) is 15.9. The first-order chi connectivity index (χ1) is 13.2. The van der Waals surface area contributed by atoms with Crippen LogP contribution in [0.2, 0.25) is 0 Å². The van der Waals surface area contributed by atoms with Gasteiger partial charge in [0.15, 0.2) is 0 Å². The molecule has 3 aromatic rings. The van der Waals surface area contributed by atoms with Crippen LogP contribution in [0.4, 0.5) is 14.9 Å². The van der Waals surface area contributed by atoms with Crippen molar-refractivity contribution in [2.45, 2.75) is 12.6 Å². The van der Waals surface area contributed by atoms with Gasteiger partial charge < -0.3 is 19.5 Å². The number of rotatable bonds is 3. The van der Waals surface area contributed by atoms with E-state index in [-0.39, 0.29) is 17.9 Å². The quantitative estimate of drug-likeness (QED) is 0.753. The van der Waals surface area contributed by atoms with Gasteiger partial charge in [0.05, 0.1) is 13.2 Å². The van der Waals surface area contributed by atoms with E-state index in [4.69, 9.17) is 4.74 Å². The second-order valence-corrected chi connectivity index (χ2v) is 6.44. The van der Waals surface area contributed by atoms with Crippen molar-refractivity contribution in [3.8, 4) is 5.75 Å². The first kappa shape index (κ1) is 17.1. The summed E-state index contributed by atoms with van der Waals surface area (Å²) in [7, 11) is 1.60. The first-order valence-electron chi connectivity index (χ1n) is 8.78. The molecule has 1 aliphatic heterocycles. The van der Waals surface area contributed by atoms with Gasteiger partial charge in [-0.3, -0.25) is 0 Å². The smallest absolute Gasteiger partial charge is 0.322 e. The first-order valence-corrected chi connectivity index (χ1v) is 8.78. The molecule has 27 heavy (non-hydrogen) atoms. The van der Waals surface area contributed by atoms with E-state index in [1.54, 1.807) is 42.3 Å². The Morgan fingerprint density at radius 3 is 2.67 bits per heavy atom. The number of halogens is 1. The summed E-state index contributed by atoms with van der Waals surface area (Å²) in [5.74, 6) is 0.410. The number of carbonyl (C=O) groups excluding carboxylic acids is 1. The molecule has 0 saturated heterocycles. The molecule has 1 aliphatic rings. The third-order valence-corrected chi connectivity index (χ3v) is 4.80. The summed E-state index contributed by atoms with van der Waals surface area (Å²) in [5, 5.41) is 2.93. The summed E-state index contributed by atoms with van der Waals surface area (Å²) < 4.78 is 21.1. The van der Waals surface area contributed by atoms with Crippen molar-refractivity contribution >= 4 is 11.7 Å². The number of anilines is 1. The number of benzene rings is 2. The summed E-state index contributed by atoms with van der Waals surface area (Å²) in [4.78, 5) is 14.7. The van der Waals surface area contributed by atoms with Crippen LogP contribution >= 0.6 is 0 Å². The molecule has 6 heteroatoms. The predicted molar refractivity (Wildman–Crippen MR) is 101 cm³/mol. The second-order valence-electron chi connectivity index (χ2n) is 6.44. The van der Waals surface area contributed by atoms with Crippen LogP contribution in [-0.2, 0) is 6.54 Å². The number of aromatic nitrogens is 1. The third kappa shape index (κ3) is 3.38. The summed E-state index contributed by atoms with van der Waals surface area (Å²) in [6.07, 6.45) is 1.99. The zero-order chi connectivity index (χ0) is 18.8. The number of nitrogens with one attached hydrogen (secondary N) is 1. The minimum absolute atomic E-state index is 0.220. The van der Waals surface area contributed by atoms with Crippen LogP contribution in [0.25, 0.3) is 0 Å². The Kier molecular flexibility index (Phi) is 4.54. The molecular formula is C21H20FN3O2. The van der Waals surface area contributed by atoms with E-state index in [9.17, 15) is 9.18 Å². The minimum Gasteiger partial charge on any atom is -0.497 e. The van der Waals surface area contributed by atoms with Crippen molar-refractivity contribution in [3.05, 3.63) is 83.9 Å². The molecule has 0 aliphatic carbocycles. The lowest BCUT2D eigenvalue weighted by atomic mass is 10.00. The molecule has 0 radical (unpaired) electrons.